The first kappa shape index (κ1) is 20.1. The van der Waals surface area contributed by atoms with E-state index in [1.54, 1.807) is 48.5 Å². The second-order valence-corrected chi connectivity index (χ2v) is 8.43. The lowest BCUT2D eigenvalue weighted by Crippen LogP contribution is -2.38. The Kier molecular flexibility index (Phi) is 6.94. The van der Waals surface area contributed by atoms with Crippen LogP contribution in [0.5, 0.6) is 0 Å². The van der Waals surface area contributed by atoms with Crippen LogP contribution in [0.25, 0.3) is 0 Å². The maximum Gasteiger partial charge on any atom is 0.251 e. The zero-order valence-electron chi connectivity index (χ0n) is 15.5. The summed E-state index contributed by atoms with van der Waals surface area (Å²) in [5, 5.41) is 6.09. The van der Waals surface area contributed by atoms with E-state index >= 15 is 0 Å². The number of aryl methyl sites for hydroxylation is 1. The van der Waals surface area contributed by atoms with Crippen LogP contribution in [-0.4, -0.2) is 33.5 Å². The van der Waals surface area contributed by atoms with Gasteiger partial charge in [-0.25, -0.2) is 8.42 Å². The molecule has 0 aliphatic rings. The molecule has 0 spiro atoms. The highest BCUT2D eigenvalue weighted by Crippen LogP contribution is 2.17. The SMILES string of the molecule is CCN[C@H](C)CNC(=O)c1ccc(CS(=O)(=O)c2ccc(C)cc2)cc1. The van der Waals surface area contributed by atoms with Gasteiger partial charge in [0, 0.05) is 18.2 Å². The number of nitrogens with one attached hydrogen (secondary N) is 2. The van der Waals surface area contributed by atoms with Crippen LogP contribution in [0.4, 0.5) is 0 Å². The lowest BCUT2D eigenvalue weighted by molar-refractivity contribution is 0.0950. The molecule has 1 atom stereocenters. The van der Waals surface area contributed by atoms with Crippen molar-refractivity contribution >= 4 is 15.7 Å². The standard InChI is InChI=1S/C20H26N2O3S/c1-4-21-16(3)13-22-20(23)18-9-7-17(8-10-18)14-26(24,25)19-11-5-15(2)6-12-19/h5-12,16,21H,4,13-14H2,1-3H3,(H,22,23)/t16-/m1/s1. The molecule has 2 aromatic carbocycles. The van der Waals surface area contributed by atoms with Crippen molar-refractivity contribution in [2.45, 2.75) is 37.5 Å². The molecule has 0 aliphatic carbocycles. The summed E-state index contributed by atoms with van der Waals surface area (Å²) in [5.74, 6) is -0.252. The number of amides is 1. The number of rotatable bonds is 8. The summed E-state index contributed by atoms with van der Waals surface area (Å²) in [6.07, 6.45) is 0. The number of benzene rings is 2. The Bertz CT molecular complexity index is 828. The van der Waals surface area contributed by atoms with Crippen molar-refractivity contribution in [3.63, 3.8) is 0 Å². The van der Waals surface area contributed by atoms with Gasteiger partial charge in [-0.3, -0.25) is 4.79 Å². The number of carbonyl (C=O) groups excluding carboxylic acids is 1. The van der Waals surface area contributed by atoms with Crippen molar-refractivity contribution < 1.29 is 13.2 Å². The van der Waals surface area contributed by atoms with E-state index in [-0.39, 0.29) is 17.7 Å². The molecule has 0 saturated carbocycles. The number of hydrogen-bond donors (Lipinski definition) is 2. The molecular weight excluding hydrogens is 348 g/mol. The molecule has 1 amide bonds. The van der Waals surface area contributed by atoms with Crippen LogP contribution in [0.15, 0.2) is 53.4 Å². The van der Waals surface area contributed by atoms with Gasteiger partial charge in [-0.15, -0.1) is 0 Å². The average molecular weight is 375 g/mol. The van der Waals surface area contributed by atoms with E-state index < -0.39 is 9.84 Å². The van der Waals surface area contributed by atoms with Gasteiger partial charge in [0.05, 0.1) is 10.6 Å². The van der Waals surface area contributed by atoms with E-state index in [1.807, 2.05) is 20.8 Å². The lowest BCUT2D eigenvalue weighted by atomic mass is 10.1. The Hall–Kier alpha value is -2.18. The van der Waals surface area contributed by atoms with Crippen molar-refractivity contribution in [1.82, 2.24) is 10.6 Å². The molecule has 6 heteroatoms. The fourth-order valence-electron chi connectivity index (χ4n) is 2.57. The molecule has 0 radical (unpaired) electrons. The molecule has 0 heterocycles. The fourth-order valence-corrected chi connectivity index (χ4v) is 3.92. The number of likely N-dealkylation sites (N-methyl/N-ethyl adjacent to an activating group) is 1. The monoisotopic (exact) mass is 374 g/mol. The minimum absolute atomic E-state index is 0.0879. The van der Waals surface area contributed by atoms with Gasteiger partial charge in [0.2, 0.25) is 0 Å². The van der Waals surface area contributed by atoms with Gasteiger partial charge in [-0.1, -0.05) is 36.8 Å². The highest BCUT2D eigenvalue weighted by Gasteiger charge is 2.15. The van der Waals surface area contributed by atoms with Gasteiger partial charge >= 0.3 is 0 Å². The van der Waals surface area contributed by atoms with Crippen LogP contribution in [0.1, 0.15) is 35.3 Å². The van der Waals surface area contributed by atoms with Crippen LogP contribution < -0.4 is 10.6 Å². The first-order valence-corrected chi connectivity index (χ1v) is 10.4. The van der Waals surface area contributed by atoms with E-state index in [0.717, 1.165) is 12.1 Å². The zero-order valence-corrected chi connectivity index (χ0v) is 16.3. The summed E-state index contributed by atoms with van der Waals surface area (Å²) >= 11 is 0. The highest BCUT2D eigenvalue weighted by atomic mass is 32.2. The number of hydrogen-bond acceptors (Lipinski definition) is 4. The molecule has 26 heavy (non-hydrogen) atoms. The van der Waals surface area contributed by atoms with Gasteiger partial charge in [0.25, 0.3) is 5.91 Å². The summed E-state index contributed by atoms with van der Waals surface area (Å²) < 4.78 is 25.0. The normalized spacial score (nSPS) is 12.6. The Morgan fingerprint density at radius 1 is 1.04 bits per heavy atom. The lowest BCUT2D eigenvalue weighted by Gasteiger charge is -2.13. The van der Waals surface area contributed by atoms with E-state index in [4.69, 9.17) is 0 Å². The molecule has 2 aromatic rings. The summed E-state index contributed by atoms with van der Waals surface area (Å²) in [6.45, 7) is 7.32. The molecular formula is C20H26N2O3S. The molecule has 0 bridgehead atoms. The van der Waals surface area contributed by atoms with E-state index in [9.17, 15) is 13.2 Å². The Labute approximate surface area is 155 Å². The summed E-state index contributed by atoms with van der Waals surface area (Å²) in [6, 6.07) is 13.7. The van der Waals surface area contributed by atoms with Crippen LogP contribution in [0, 0.1) is 6.92 Å². The maximum atomic E-state index is 12.5. The second-order valence-electron chi connectivity index (χ2n) is 6.44. The van der Waals surface area contributed by atoms with Gasteiger partial charge in [0.1, 0.15) is 0 Å². The molecule has 2 rings (SSSR count). The third kappa shape index (κ3) is 5.68. The quantitative estimate of drug-likeness (QED) is 0.745. The number of carbonyl (C=O) groups is 1. The fraction of sp³-hybridized carbons (Fsp3) is 0.350. The molecule has 0 aliphatic heterocycles. The first-order chi connectivity index (χ1) is 12.3. The number of sulfone groups is 1. The van der Waals surface area contributed by atoms with Gasteiger partial charge in [-0.2, -0.15) is 0 Å². The minimum Gasteiger partial charge on any atom is -0.350 e. The topological polar surface area (TPSA) is 75.3 Å². The predicted molar refractivity (Wildman–Crippen MR) is 104 cm³/mol. The molecule has 0 unspecified atom stereocenters. The first-order valence-electron chi connectivity index (χ1n) is 8.72. The smallest absolute Gasteiger partial charge is 0.251 e. The zero-order chi connectivity index (χ0) is 19.2. The molecule has 0 aromatic heterocycles. The molecule has 2 N–H and O–H groups in total. The summed E-state index contributed by atoms with van der Waals surface area (Å²) in [7, 11) is -3.40. The van der Waals surface area contributed by atoms with Gasteiger partial charge < -0.3 is 10.6 Å². The largest absolute Gasteiger partial charge is 0.350 e. The Morgan fingerprint density at radius 3 is 2.23 bits per heavy atom. The van der Waals surface area contributed by atoms with Crippen LogP contribution in [-0.2, 0) is 15.6 Å². The predicted octanol–water partition coefficient (Wildman–Crippen LogP) is 2.70. The van der Waals surface area contributed by atoms with Gasteiger partial charge in [0.15, 0.2) is 9.84 Å². The summed E-state index contributed by atoms with van der Waals surface area (Å²) in [4.78, 5) is 12.5. The van der Waals surface area contributed by atoms with Crippen molar-refractivity contribution in [2.24, 2.45) is 0 Å². The van der Waals surface area contributed by atoms with E-state index in [1.165, 1.54) is 0 Å². The Balaban J connectivity index is 2.00. The Morgan fingerprint density at radius 2 is 1.65 bits per heavy atom. The van der Waals surface area contributed by atoms with E-state index in [2.05, 4.69) is 10.6 Å². The highest BCUT2D eigenvalue weighted by molar-refractivity contribution is 7.90. The second kappa shape index (κ2) is 8.96. The molecule has 5 nitrogen and oxygen atoms in total. The third-order valence-corrected chi connectivity index (χ3v) is 5.78. The van der Waals surface area contributed by atoms with E-state index in [0.29, 0.717) is 22.6 Å². The van der Waals surface area contributed by atoms with Gasteiger partial charge in [-0.05, 0) is 50.2 Å². The molecule has 140 valence electrons. The van der Waals surface area contributed by atoms with Crippen molar-refractivity contribution in [1.29, 1.82) is 0 Å². The maximum absolute atomic E-state index is 12.5. The summed E-state index contributed by atoms with van der Waals surface area (Å²) in [5.41, 5.74) is 2.19. The molecule has 0 saturated heterocycles. The van der Waals surface area contributed by atoms with Crippen molar-refractivity contribution in [3.8, 4) is 0 Å². The van der Waals surface area contributed by atoms with Crippen molar-refractivity contribution in [3.05, 3.63) is 65.2 Å². The minimum atomic E-state index is -3.40. The third-order valence-electron chi connectivity index (χ3n) is 4.07. The molecule has 0 fully saturated rings. The average Bonchev–Trinajstić information content (AvgIpc) is 2.60. The van der Waals surface area contributed by atoms with Crippen LogP contribution >= 0.6 is 0 Å². The van der Waals surface area contributed by atoms with Crippen LogP contribution in [0.2, 0.25) is 0 Å². The van der Waals surface area contributed by atoms with Crippen molar-refractivity contribution in [2.75, 3.05) is 13.1 Å². The van der Waals surface area contributed by atoms with Crippen LogP contribution in [0.3, 0.4) is 0 Å².